The molecule has 0 fully saturated rings. The second kappa shape index (κ2) is 4.09. The normalized spacial score (nSPS) is 12.8. The Balaban J connectivity index is 2.85. The molecule has 3 heteroatoms. The maximum atomic E-state index is 8.90. The molecule has 0 aromatic heterocycles. The van der Waals surface area contributed by atoms with Crippen LogP contribution < -0.4 is 5.73 Å². The Bertz CT molecular complexity index is 246. The highest BCUT2D eigenvalue weighted by molar-refractivity contribution is 5.41. The summed E-state index contributed by atoms with van der Waals surface area (Å²) in [4.78, 5) is 0. The molecule has 3 nitrogen and oxygen atoms in total. The Hall–Kier alpha value is -1.06. The number of rotatable bonds is 3. The monoisotopic (exact) mass is 167 g/mol. The average molecular weight is 167 g/mol. The Morgan fingerprint density at radius 1 is 1.58 bits per heavy atom. The van der Waals surface area contributed by atoms with E-state index in [-0.39, 0.29) is 12.7 Å². The Morgan fingerprint density at radius 3 is 2.83 bits per heavy atom. The van der Waals surface area contributed by atoms with Gasteiger partial charge in [-0.3, -0.25) is 0 Å². The first-order valence-corrected chi connectivity index (χ1v) is 3.77. The van der Waals surface area contributed by atoms with Gasteiger partial charge in [-0.1, -0.05) is 12.1 Å². The van der Waals surface area contributed by atoms with E-state index >= 15 is 0 Å². The lowest BCUT2D eigenvalue weighted by molar-refractivity contribution is 0.0484. The van der Waals surface area contributed by atoms with E-state index in [0.29, 0.717) is 5.69 Å². The third-order valence-corrected chi connectivity index (χ3v) is 1.73. The van der Waals surface area contributed by atoms with Crippen molar-refractivity contribution >= 4 is 5.69 Å². The van der Waals surface area contributed by atoms with Crippen LogP contribution in [0.4, 0.5) is 5.69 Å². The molecule has 0 saturated heterocycles. The summed E-state index contributed by atoms with van der Waals surface area (Å²) in [6.07, 6.45) is -0.270. The van der Waals surface area contributed by atoms with Crippen LogP contribution in [0, 0.1) is 0 Å². The lowest BCUT2D eigenvalue weighted by Crippen LogP contribution is -2.06. The summed E-state index contributed by atoms with van der Waals surface area (Å²) in [6.45, 7) is -0.0278. The number of hydrogen-bond acceptors (Lipinski definition) is 3. The zero-order chi connectivity index (χ0) is 8.97. The standard InChI is InChI=1S/C9H13NO2/c1-12-9(6-11)7-3-2-4-8(10)5-7/h2-5,9,11H,6,10H2,1H3/t9-/m1/s1. The number of nitrogen functional groups attached to an aromatic ring is 1. The third kappa shape index (κ3) is 1.96. The van der Waals surface area contributed by atoms with Gasteiger partial charge in [0.25, 0.3) is 0 Å². The molecular formula is C9H13NO2. The maximum Gasteiger partial charge on any atom is 0.105 e. The van der Waals surface area contributed by atoms with Gasteiger partial charge in [0.2, 0.25) is 0 Å². The zero-order valence-corrected chi connectivity index (χ0v) is 7.03. The first-order chi connectivity index (χ1) is 5.77. The second-order valence-corrected chi connectivity index (χ2v) is 2.58. The largest absolute Gasteiger partial charge is 0.399 e. The van der Waals surface area contributed by atoms with Crippen molar-refractivity contribution in [2.24, 2.45) is 0 Å². The molecule has 0 saturated carbocycles. The molecule has 0 unspecified atom stereocenters. The predicted molar refractivity (Wildman–Crippen MR) is 47.7 cm³/mol. The van der Waals surface area contributed by atoms with Gasteiger partial charge in [-0.2, -0.15) is 0 Å². The molecule has 0 aliphatic rings. The van der Waals surface area contributed by atoms with E-state index in [4.69, 9.17) is 15.6 Å². The summed E-state index contributed by atoms with van der Waals surface area (Å²) in [5.74, 6) is 0. The summed E-state index contributed by atoms with van der Waals surface area (Å²) in [5.41, 5.74) is 7.15. The van der Waals surface area contributed by atoms with E-state index < -0.39 is 0 Å². The summed E-state index contributed by atoms with van der Waals surface area (Å²) in [6, 6.07) is 7.31. The Labute approximate surface area is 71.8 Å². The van der Waals surface area contributed by atoms with Gasteiger partial charge in [0.15, 0.2) is 0 Å². The number of nitrogens with two attached hydrogens (primary N) is 1. The molecule has 0 aliphatic carbocycles. The highest BCUT2D eigenvalue weighted by Gasteiger charge is 2.07. The minimum Gasteiger partial charge on any atom is -0.399 e. The minimum absolute atomic E-state index is 0.0278. The predicted octanol–water partition coefficient (Wildman–Crippen LogP) is 0.949. The Morgan fingerprint density at radius 2 is 2.33 bits per heavy atom. The fraction of sp³-hybridized carbons (Fsp3) is 0.333. The third-order valence-electron chi connectivity index (χ3n) is 1.73. The first kappa shape index (κ1) is 9.03. The van der Waals surface area contributed by atoms with Gasteiger partial charge in [-0.05, 0) is 17.7 Å². The van der Waals surface area contributed by atoms with E-state index in [9.17, 15) is 0 Å². The van der Waals surface area contributed by atoms with Gasteiger partial charge < -0.3 is 15.6 Å². The van der Waals surface area contributed by atoms with Crippen LogP contribution in [0.2, 0.25) is 0 Å². The smallest absolute Gasteiger partial charge is 0.105 e. The first-order valence-electron chi connectivity index (χ1n) is 3.77. The van der Waals surface area contributed by atoms with Crippen molar-refractivity contribution in [3.05, 3.63) is 29.8 Å². The van der Waals surface area contributed by atoms with Crippen LogP contribution in [0.5, 0.6) is 0 Å². The Kier molecular flexibility index (Phi) is 3.08. The highest BCUT2D eigenvalue weighted by Crippen LogP contribution is 2.17. The molecule has 0 heterocycles. The molecule has 0 amide bonds. The molecule has 0 radical (unpaired) electrons. The lowest BCUT2D eigenvalue weighted by Gasteiger charge is -2.12. The zero-order valence-electron chi connectivity index (χ0n) is 7.03. The molecule has 1 rings (SSSR count). The van der Waals surface area contributed by atoms with Crippen LogP contribution in [0.25, 0.3) is 0 Å². The summed E-state index contributed by atoms with van der Waals surface area (Å²) in [5, 5.41) is 8.90. The molecule has 0 spiro atoms. The topological polar surface area (TPSA) is 55.5 Å². The molecule has 1 atom stereocenters. The molecule has 66 valence electrons. The van der Waals surface area contributed by atoms with Crippen LogP contribution in [0.15, 0.2) is 24.3 Å². The van der Waals surface area contributed by atoms with Crippen molar-refractivity contribution in [1.82, 2.24) is 0 Å². The van der Waals surface area contributed by atoms with Gasteiger partial charge in [0.1, 0.15) is 6.10 Å². The number of methoxy groups -OCH3 is 1. The number of benzene rings is 1. The van der Waals surface area contributed by atoms with Crippen molar-refractivity contribution in [3.63, 3.8) is 0 Å². The number of ether oxygens (including phenoxy) is 1. The molecular weight excluding hydrogens is 154 g/mol. The molecule has 3 N–H and O–H groups in total. The fourth-order valence-electron chi connectivity index (χ4n) is 1.08. The van der Waals surface area contributed by atoms with E-state index in [1.54, 1.807) is 19.2 Å². The maximum absolute atomic E-state index is 8.90. The van der Waals surface area contributed by atoms with Crippen LogP contribution in [-0.4, -0.2) is 18.8 Å². The van der Waals surface area contributed by atoms with Crippen molar-refractivity contribution < 1.29 is 9.84 Å². The van der Waals surface area contributed by atoms with Gasteiger partial charge in [-0.15, -0.1) is 0 Å². The van der Waals surface area contributed by atoms with Crippen LogP contribution in [0.3, 0.4) is 0 Å². The molecule has 1 aromatic rings. The highest BCUT2D eigenvalue weighted by atomic mass is 16.5. The van der Waals surface area contributed by atoms with Gasteiger partial charge in [0, 0.05) is 12.8 Å². The van der Waals surface area contributed by atoms with Crippen molar-refractivity contribution in [2.45, 2.75) is 6.10 Å². The lowest BCUT2D eigenvalue weighted by atomic mass is 10.1. The second-order valence-electron chi connectivity index (χ2n) is 2.58. The summed E-state index contributed by atoms with van der Waals surface area (Å²) < 4.78 is 5.03. The van der Waals surface area contributed by atoms with E-state index in [0.717, 1.165) is 5.56 Å². The SMILES string of the molecule is CO[C@H](CO)c1cccc(N)c1. The molecule has 0 bridgehead atoms. The van der Waals surface area contributed by atoms with E-state index in [2.05, 4.69) is 0 Å². The quantitative estimate of drug-likeness (QED) is 0.659. The molecule has 0 aliphatic heterocycles. The molecule has 1 aromatic carbocycles. The van der Waals surface area contributed by atoms with Crippen molar-refractivity contribution in [1.29, 1.82) is 0 Å². The fourth-order valence-corrected chi connectivity index (χ4v) is 1.08. The van der Waals surface area contributed by atoms with Crippen LogP contribution in [-0.2, 0) is 4.74 Å². The average Bonchev–Trinajstić information content (AvgIpc) is 2.07. The van der Waals surface area contributed by atoms with Gasteiger partial charge in [-0.25, -0.2) is 0 Å². The van der Waals surface area contributed by atoms with Crippen molar-refractivity contribution in [2.75, 3.05) is 19.5 Å². The molecule has 12 heavy (non-hydrogen) atoms. The number of hydrogen-bond donors (Lipinski definition) is 2. The summed E-state index contributed by atoms with van der Waals surface area (Å²) >= 11 is 0. The van der Waals surface area contributed by atoms with Crippen LogP contribution >= 0.6 is 0 Å². The number of aliphatic hydroxyl groups excluding tert-OH is 1. The van der Waals surface area contributed by atoms with E-state index in [1.165, 1.54) is 0 Å². The summed E-state index contributed by atoms with van der Waals surface area (Å²) in [7, 11) is 1.56. The van der Waals surface area contributed by atoms with Gasteiger partial charge >= 0.3 is 0 Å². The van der Waals surface area contributed by atoms with Gasteiger partial charge in [0.05, 0.1) is 6.61 Å². The van der Waals surface area contributed by atoms with Crippen molar-refractivity contribution in [3.8, 4) is 0 Å². The van der Waals surface area contributed by atoms with E-state index in [1.807, 2.05) is 12.1 Å². The van der Waals surface area contributed by atoms with Crippen LogP contribution in [0.1, 0.15) is 11.7 Å². The number of anilines is 1. The number of aliphatic hydroxyl groups is 1. The minimum atomic E-state index is -0.270.